The Bertz CT molecular complexity index is 569. The molecular formula is C14H18N4O. The van der Waals surface area contributed by atoms with Crippen LogP contribution < -0.4 is 10.1 Å². The molecule has 0 aliphatic heterocycles. The van der Waals surface area contributed by atoms with E-state index in [1.54, 1.807) is 7.11 Å². The summed E-state index contributed by atoms with van der Waals surface area (Å²) in [6.45, 7) is 4.30. The molecule has 0 unspecified atom stereocenters. The molecule has 1 aromatic heterocycles. The normalized spacial score (nSPS) is 10.6. The second kappa shape index (κ2) is 5.65. The average Bonchev–Trinajstić information content (AvgIpc) is 2.46. The van der Waals surface area contributed by atoms with Crippen LogP contribution in [0.5, 0.6) is 5.75 Å². The van der Waals surface area contributed by atoms with Gasteiger partial charge in [0.1, 0.15) is 17.8 Å². The maximum absolute atomic E-state index is 5.47. The minimum absolute atomic E-state index is 0.451. The third-order valence-corrected chi connectivity index (χ3v) is 3.00. The number of anilines is 1. The molecule has 0 spiro atoms. The lowest BCUT2D eigenvalue weighted by Crippen LogP contribution is -2.01. The molecule has 0 bridgehead atoms. The Morgan fingerprint density at radius 2 is 2.05 bits per heavy atom. The molecule has 1 N–H and O–H groups in total. The van der Waals surface area contributed by atoms with Gasteiger partial charge in [-0.3, -0.25) is 0 Å². The second-order valence-electron chi connectivity index (χ2n) is 4.52. The van der Waals surface area contributed by atoms with Crippen molar-refractivity contribution in [1.82, 2.24) is 15.2 Å². The summed E-state index contributed by atoms with van der Waals surface area (Å²) in [6.07, 6.45) is 1.42. The fourth-order valence-corrected chi connectivity index (χ4v) is 1.90. The molecule has 0 fully saturated rings. The van der Waals surface area contributed by atoms with Crippen LogP contribution in [-0.4, -0.2) is 29.3 Å². The Morgan fingerprint density at radius 1 is 1.26 bits per heavy atom. The fraction of sp³-hybridized carbons (Fsp3) is 0.357. The van der Waals surface area contributed by atoms with Gasteiger partial charge in [-0.25, -0.2) is 4.98 Å². The number of benzene rings is 1. The maximum Gasteiger partial charge on any atom is 0.156 e. The third kappa shape index (κ3) is 2.65. The standard InChI is InChI=1S/C14H18N4O/c1-9(2)10-5-6-11(12(7-10)19-4)13-14(15-3)16-8-17-18-13/h5-9H,1-4H3,(H,15,16,17). The minimum atomic E-state index is 0.451. The van der Waals surface area contributed by atoms with Gasteiger partial charge in [-0.1, -0.05) is 19.9 Å². The molecule has 1 aromatic carbocycles. The van der Waals surface area contributed by atoms with Gasteiger partial charge < -0.3 is 10.1 Å². The molecule has 0 aliphatic carbocycles. The molecule has 0 saturated carbocycles. The van der Waals surface area contributed by atoms with Crippen LogP contribution in [0.4, 0.5) is 5.82 Å². The molecular weight excluding hydrogens is 240 g/mol. The zero-order valence-electron chi connectivity index (χ0n) is 11.6. The molecule has 2 aromatic rings. The SMILES string of the molecule is CNc1ncnnc1-c1ccc(C(C)C)cc1OC. The van der Waals surface area contributed by atoms with Crippen LogP contribution in [0, 0.1) is 0 Å². The molecule has 5 nitrogen and oxygen atoms in total. The van der Waals surface area contributed by atoms with Crippen molar-refractivity contribution in [3.63, 3.8) is 0 Å². The summed E-state index contributed by atoms with van der Waals surface area (Å²) in [5.74, 6) is 1.92. The fourth-order valence-electron chi connectivity index (χ4n) is 1.90. The summed E-state index contributed by atoms with van der Waals surface area (Å²) >= 11 is 0. The Balaban J connectivity index is 2.55. The topological polar surface area (TPSA) is 59.9 Å². The molecule has 19 heavy (non-hydrogen) atoms. The summed E-state index contributed by atoms with van der Waals surface area (Å²) in [4.78, 5) is 4.17. The van der Waals surface area contributed by atoms with Gasteiger partial charge in [0.15, 0.2) is 5.82 Å². The zero-order chi connectivity index (χ0) is 13.8. The van der Waals surface area contributed by atoms with Crippen molar-refractivity contribution < 1.29 is 4.74 Å². The summed E-state index contributed by atoms with van der Waals surface area (Å²) in [5, 5.41) is 11.0. The van der Waals surface area contributed by atoms with Gasteiger partial charge in [0.05, 0.1) is 7.11 Å². The van der Waals surface area contributed by atoms with Crippen molar-refractivity contribution >= 4 is 5.82 Å². The number of ether oxygens (including phenoxy) is 1. The van der Waals surface area contributed by atoms with E-state index >= 15 is 0 Å². The van der Waals surface area contributed by atoms with Crippen LogP contribution in [0.3, 0.4) is 0 Å². The van der Waals surface area contributed by atoms with Crippen molar-refractivity contribution in [2.75, 3.05) is 19.5 Å². The lowest BCUT2D eigenvalue weighted by Gasteiger charge is -2.13. The monoisotopic (exact) mass is 258 g/mol. The molecule has 0 radical (unpaired) electrons. The van der Waals surface area contributed by atoms with Crippen LogP contribution in [0.2, 0.25) is 0 Å². The van der Waals surface area contributed by atoms with E-state index < -0.39 is 0 Å². The molecule has 1 heterocycles. The summed E-state index contributed by atoms with van der Waals surface area (Å²) in [6, 6.07) is 6.12. The van der Waals surface area contributed by atoms with E-state index in [4.69, 9.17) is 4.74 Å². The molecule has 0 aliphatic rings. The van der Waals surface area contributed by atoms with Gasteiger partial charge in [-0.15, -0.1) is 10.2 Å². The maximum atomic E-state index is 5.47. The van der Waals surface area contributed by atoms with Gasteiger partial charge in [0, 0.05) is 12.6 Å². The lowest BCUT2D eigenvalue weighted by atomic mass is 9.99. The summed E-state index contributed by atoms with van der Waals surface area (Å²) in [7, 11) is 3.47. The Kier molecular flexibility index (Phi) is 3.94. The Labute approximate surface area is 113 Å². The molecule has 2 rings (SSSR count). The predicted molar refractivity (Wildman–Crippen MR) is 75.5 cm³/mol. The van der Waals surface area contributed by atoms with Gasteiger partial charge in [-0.05, 0) is 23.6 Å². The summed E-state index contributed by atoms with van der Waals surface area (Å²) in [5.41, 5.74) is 2.80. The largest absolute Gasteiger partial charge is 0.496 e. The number of nitrogens with zero attached hydrogens (tertiary/aromatic N) is 3. The number of aromatic nitrogens is 3. The number of hydrogen-bond donors (Lipinski definition) is 1. The predicted octanol–water partition coefficient (Wildman–Crippen LogP) is 2.71. The molecule has 100 valence electrons. The average molecular weight is 258 g/mol. The first-order valence-electron chi connectivity index (χ1n) is 6.21. The number of nitrogens with one attached hydrogen (secondary N) is 1. The van der Waals surface area contributed by atoms with Crippen molar-refractivity contribution in [2.45, 2.75) is 19.8 Å². The second-order valence-corrected chi connectivity index (χ2v) is 4.52. The highest BCUT2D eigenvalue weighted by Gasteiger charge is 2.14. The van der Waals surface area contributed by atoms with E-state index in [-0.39, 0.29) is 0 Å². The van der Waals surface area contributed by atoms with E-state index in [0.717, 1.165) is 11.3 Å². The van der Waals surface area contributed by atoms with E-state index in [1.807, 2.05) is 19.2 Å². The van der Waals surface area contributed by atoms with E-state index in [0.29, 0.717) is 17.4 Å². The van der Waals surface area contributed by atoms with Crippen molar-refractivity contribution in [1.29, 1.82) is 0 Å². The zero-order valence-corrected chi connectivity index (χ0v) is 11.6. The minimum Gasteiger partial charge on any atom is -0.496 e. The highest BCUT2D eigenvalue weighted by molar-refractivity contribution is 5.76. The van der Waals surface area contributed by atoms with Gasteiger partial charge in [0.25, 0.3) is 0 Å². The van der Waals surface area contributed by atoms with Crippen LogP contribution in [0.1, 0.15) is 25.3 Å². The van der Waals surface area contributed by atoms with Crippen LogP contribution in [0.25, 0.3) is 11.3 Å². The first-order chi connectivity index (χ1) is 9.17. The quantitative estimate of drug-likeness (QED) is 0.913. The van der Waals surface area contributed by atoms with Crippen molar-refractivity contribution in [3.05, 3.63) is 30.1 Å². The molecule has 5 heteroatoms. The Morgan fingerprint density at radius 3 is 2.68 bits per heavy atom. The number of rotatable bonds is 4. The smallest absolute Gasteiger partial charge is 0.156 e. The van der Waals surface area contributed by atoms with Crippen molar-refractivity contribution in [3.8, 4) is 17.0 Å². The van der Waals surface area contributed by atoms with Gasteiger partial charge in [-0.2, -0.15) is 0 Å². The van der Waals surface area contributed by atoms with Crippen LogP contribution in [-0.2, 0) is 0 Å². The van der Waals surface area contributed by atoms with E-state index in [9.17, 15) is 0 Å². The van der Waals surface area contributed by atoms with Crippen LogP contribution in [0.15, 0.2) is 24.5 Å². The highest BCUT2D eigenvalue weighted by Crippen LogP contribution is 2.34. The number of methoxy groups -OCH3 is 1. The third-order valence-electron chi connectivity index (χ3n) is 3.00. The van der Waals surface area contributed by atoms with Gasteiger partial charge >= 0.3 is 0 Å². The first kappa shape index (κ1) is 13.3. The first-order valence-corrected chi connectivity index (χ1v) is 6.21. The Hall–Kier alpha value is -2.17. The number of hydrogen-bond acceptors (Lipinski definition) is 5. The lowest BCUT2D eigenvalue weighted by molar-refractivity contribution is 0.415. The molecule has 0 saturated heterocycles. The van der Waals surface area contributed by atoms with E-state index in [1.165, 1.54) is 11.9 Å². The van der Waals surface area contributed by atoms with E-state index in [2.05, 4.69) is 40.4 Å². The molecule has 0 atom stereocenters. The molecule has 0 amide bonds. The van der Waals surface area contributed by atoms with Crippen LogP contribution >= 0.6 is 0 Å². The summed E-state index contributed by atoms with van der Waals surface area (Å²) < 4.78 is 5.47. The van der Waals surface area contributed by atoms with Crippen molar-refractivity contribution in [2.24, 2.45) is 0 Å². The highest BCUT2D eigenvalue weighted by atomic mass is 16.5. The van der Waals surface area contributed by atoms with Gasteiger partial charge in [0.2, 0.25) is 0 Å².